The Kier molecular flexibility index (Phi) is 9.23. The van der Waals surface area contributed by atoms with E-state index in [0.29, 0.717) is 12.7 Å². The summed E-state index contributed by atoms with van der Waals surface area (Å²) in [6.45, 7) is 5.22. The van der Waals surface area contributed by atoms with E-state index in [1.807, 2.05) is 11.3 Å². The van der Waals surface area contributed by atoms with E-state index >= 15 is 0 Å². The van der Waals surface area contributed by atoms with Crippen LogP contribution in [0.3, 0.4) is 0 Å². The summed E-state index contributed by atoms with van der Waals surface area (Å²) < 4.78 is 22.9. The van der Waals surface area contributed by atoms with E-state index in [0.717, 1.165) is 32.7 Å². The highest BCUT2D eigenvalue weighted by molar-refractivity contribution is 7.12. The van der Waals surface area contributed by atoms with Gasteiger partial charge in [-0.15, -0.1) is 11.3 Å². The Balaban J connectivity index is 1.47. The van der Waals surface area contributed by atoms with Crippen molar-refractivity contribution < 1.29 is 18.9 Å². The third kappa shape index (κ3) is 5.90. The molecule has 1 saturated carbocycles. The largest absolute Gasteiger partial charge is 0.359 e. The summed E-state index contributed by atoms with van der Waals surface area (Å²) in [5.41, 5.74) is 0.128. The molecule has 1 unspecified atom stereocenters. The summed E-state index contributed by atoms with van der Waals surface area (Å²) in [7, 11) is 1.71. The number of rotatable bonds is 10. The zero-order valence-electron chi connectivity index (χ0n) is 19.3. The molecule has 0 spiro atoms. The fraction of sp³-hybridized carbons (Fsp3) is 0.840. The number of piperidine rings is 1. The molecule has 0 radical (unpaired) electrons. The fourth-order valence-corrected chi connectivity index (χ4v) is 7.11. The van der Waals surface area contributed by atoms with Gasteiger partial charge in [-0.05, 0) is 70.2 Å². The van der Waals surface area contributed by atoms with Gasteiger partial charge in [0.2, 0.25) is 0 Å². The van der Waals surface area contributed by atoms with Crippen molar-refractivity contribution in [2.45, 2.75) is 82.5 Å². The molecule has 2 aliphatic heterocycles. The molecule has 3 atom stereocenters. The minimum absolute atomic E-state index is 0.00790. The van der Waals surface area contributed by atoms with Crippen LogP contribution in [0.25, 0.3) is 0 Å². The van der Waals surface area contributed by atoms with Crippen LogP contribution in [-0.4, -0.2) is 58.0 Å². The minimum Gasteiger partial charge on any atom is -0.359 e. The predicted molar refractivity (Wildman–Crippen MR) is 124 cm³/mol. The van der Waals surface area contributed by atoms with E-state index in [1.54, 1.807) is 12.0 Å². The maximum Gasteiger partial charge on any atom is 0.157 e. The van der Waals surface area contributed by atoms with Gasteiger partial charge in [0.15, 0.2) is 6.29 Å². The molecule has 3 fully saturated rings. The van der Waals surface area contributed by atoms with E-state index in [2.05, 4.69) is 17.0 Å². The van der Waals surface area contributed by atoms with Gasteiger partial charge in [-0.25, -0.2) is 0 Å². The molecule has 1 aliphatic carbocycles. The number of methoxy groups -OCH3 is 1. The highest BCUT2D eigenvalue weighted by atomic mass is 32.1. The molecular formula is C25H41NO4S. The van der Waals surface area contributed by atoms with E-state index in [-0.39, 0.29) is 11.8 Å². The molecule has 3 heterocycles. The Labute approximate surface area is 192 Å². The maximum absolute atomic E-state index is 6.01. The van der Waals surface area contributed by atoms with Gasteiger partial charge in [-0.2, -0.15) is 0 Å². The van der Waals surface area contributed by atoms with Crippen LogP contribution in [-0.2, 0) is 30.9 Å². The number of thiophene rings is 1. The van der Waals surface area contributed by atoms with Crippen molar-refractivity contribution in [1.82, 2.24) is 4.90 Å². The second-order valence-corrected chi connectivity index (χ2v) is 10.5. The molecule has 0 N–H and O–H groups in total. The van der Waals surface area contributed by atoms with E-state index in [1.165, 1.54) is 75.8 Å². The zero-order valence-corrected chi connectivity index (χ0v) is 20.1. The summed E-state index contributed by atoms with van der Waals surface area (Å²) in [4.78, 5) is 5.80. The lowest BCUT2D eigenvalue weighted by atomic mass is 9.70. The average Bonchev–Trinajstić information content (AvgIpc) is 3.30. The standard InChI is InChI=1S/C25H41NO4S/c1-27-20-28-19-21-9-3-5-14-25(21,26-15-6-2-7-16-26)23-12-11-22(31-23)13-18-30-24-10-4-8-17-29-24/h11-12,21,24H,2-10,13-20H2,1H3/t21-,24?,25-/m0/s1. The molecule has 0 aromatic carbocycles. The van der Waals surface area contributed by atoms with Crippen molar-refractivity contribution in [3.05, 3.63) is 21.9 Å². The summed E-state index contributed by atoms with van der Waals surface area (Å²) in [6.07, 6.45) is 13.5. The first kappa shape index (κ1) is 23.7. The molecule has 0 amide bonds. The lowest BCUT2D eigenvalue weighted by Crippen LogP contribution is -2.55. The predicted octanol–water partition coefficient (Wildman–Crippen LogP) is 5.33. The molecule has 176 valence electrons. The normalized spacial score (nSPS) is 30.5. The molecule has 6 heteroatoms. The average molecular weight is 452 g/mol. The first-order chi connectivity index (χ1) is 15.3. The Hall–Kier alpha value is -0.500. The second-order valence-electron chi connectivity index (χ2n) is 9.37. The van der Waals surface area contributed by atoms with Crippen LogP contribution in [0, 0.1) is 5.92 Å². The number of ether oxygens (including phenoxy) is 4. The summed E-state index contributed by atoms with van der Waals surface area (Å²) in [6, 6.07) is 4.76. The van der Waals surface area contributed by atoms with Gasteiger partial charge in [-0.3, -0.25) is 4.90 Å². The molecule has 5 nitrogen and oxygen atoms in total. The van der Waals surface area contributed by atoms with Gasteiger partial charge in [0, 0.05) is 35.8 Å². The van der Waals surface area contributed by atoms with Crippen molar-refractivity contribution in [2.24, 2.45) is 5.92 Å². The van der Waals surface area contributed by atoms with Crippen LogP contribution in [0.5, 0.6) is 0 Å². The van der Waals surface area contributed by atoms with Crippen LogP contribution in [0.1, 0.15) is 74.0 Å². The van der Waals surface area contributed by atoms with Crippen LogP contribution < -0.4 is 0 Å². The van der Waals surface area contributed by atoms with Crippen molar-refractivity contribution in [3.63, 3.8) is 0 Å². The van der Waals surface area contributed by atoms with Gasteiger partial charge in [-0.1, -0.05) is 19.3 Å². The molecule has 0 bridgehead atoms. The quantitative estimate of drug-likeness (QED) is 0.355. The van der Waals surface area contributed by atoms with Crippen molar-refractivity contribution in [2.75, 3.05) is 46.8 Å². The number of likely N-dealkylation sites (tertiary alicyclic amines) is 1. The summed E-state index contributed by atoms with van der Waals surface area (Å²) in [5, 5.41) is 0. The lowest BCUT2D eigenvalue weighted by Gasteiger charge is -2.52. The van der Waals surface area contributed by atoms with Crippen molar-refractivity contribution in [1.29, 1.82) is 0 Å². The third-order valence-electron chi connectivity index (χ3n) is 7.35. The van der Waals surface area contributed by atoms with Gasteiger partial charge in [0.1, 0.15) is 6.79 Å². The highest BCUT2D eigenvalue weighted by Gasteiger charge is 2.47. The summed E-state index contributed by atoms with van der Waals surface area (Å²) >= 11 is 2.01. The minimum atomic E-state index is 0.00790. The number of nitrogens with zero attached hydrogens (tertiary/aromatic N) is 1. The zero-order chi connectivity index (χ0) is 21.4. The highest BCUT2D eigenvalue weighted by Crippen LogP contribution is 2.49. The van der Waals surface area contributed by atoms with Crippen molar-refractivity contribution in [3.8, 4) is 0 Å². The monoisotopic (exact) mass is 451 g/mol. The molecular weight excluding hydrogens is 410 g/mol. The Morgan fingerprint density at radius 1 is 1.06 bits per heavy atom. The van der Waals surface area contributed by atoms with Gasteiger partial charge < -0.3 is 18.9 Å². The van der Waals surface area contributed by atoms with E-state index < -0.39 is 0 Å². The SMILES string of the molecule is COCOC[C@@H]1CCCC[C@]1(c1ccc(CCOC2CCCCO2)s1)N1CCCCC1. The van der Waals surface area contributed by atoms with Crippen molar-refractivity contribution >= 4 is 11.3 Å². The fourth-order valence-electron chi connectivity index (χ4n) is 5.79. The smallest absolute Gasteiger partial charge is 0.157 e. The Bertz CT molecular complexity index is 641. The topological polar surface area (TPSA) is 40.2 Å². The Morgan fingerprint density at radius 2 is 1.94 bits per heavy atom. The third-order valence-corrected chi connectivity index (χ3v) is 8.67. The Morgan fingerprint density at radius 3 is 2.74 bits per heavy atom. The number of hydrogen-bond donors (Lipinski definition) is 0. The molecule has 1 aromatic heterocycles. The molecule has 4 rings (SSSR count). The molecule has 3 aliphatic rings. The number of hydrogen-bond acceptors (Lipinski definition) is 6. The van der Waals surface area contributed by atoms with Gasteiger partial charge in [0.25, 0.3) is 0 Å². The lowest BCUT2D eigenvalue weighted by molar-refractivity contribution is -0.161. The second kappa shape index (κ2) is 12.1. The van der Waals surface area contributed by atoms with Gasteiger partial charge >= 0.3 is 0 Å². The first-order valence-electron chi connectivity index (χ1n) is 12.5. The molecule has 31 heavy (non-hydrogen) atoms. The van der Waals surface area contributed by atoms with E-state index in [4.69, 9.17) is 18.9 Å². The van der Waals surface area contributed by atoms with Crippen LogP contribution in [0.2, 0.25) is 0 Å². The molecule has 2 saturated heterocycles. The van der Waals surface area contributed by atoms with Crippen LogP contribution in [0.4, 0.5) is 0 Å². The van der Waals surface area contributed by atoms with E-state index in [9.17, 15) is 0 Å². The first-order valence-corrected chi connectivity index (χ1v) is 13.3. The summed E-state index contributed by atoms with van der Waals surface area (Å²) in [5.74, 6) is 0.535. The van der Waals surface area contributed by atoms with Crippen LogP contribution in [0.15, 0.2) is 12.1 Å². The van der Waals surface area contributed by atoms with Gasteiger partial charge in [0.05, 0.1) is 18.8 Å². The van der Waals surface area contributed by atoms with Crippen LogP contribution >= 0.6 is 11.3 Å². The maximum atomic E-state index is 6.01. The molecule has 1 aromatic rings.